The molecule has 3 nitrogen and oxygen atoms in total. The van der Waals surface area contributed by atoms with Crippen LogP contribution in [0.2, 0.25) is 10.2 Å². The fourth-order valence-electron chi connectivity index (χ4n) is 1.72. The highest BCUT2D eigenvalue weighted by molar-refractivity contribution is 9.10. The van der Waals surface area contributed by atoms with E-state index in [0.717, 1.165) is 34.4 Å². The number of nitrogens with one attached hydrogen (secondary N) is 1. The number of aromatic nitrogens is 2. The second-order valence-corrected chi connectivity index (χ2v) is 5.94. The summed E-state index contributed by atoms with van der Waals surface area (Å²) in [4.78, 5) is 8.80. The monoisotopic (exact) mass is 373 g/mol. The van der Waals surface area contributed by atoms with E-state index in [0.29, 0.717) is 16.0 Å². The Hall–Kier alpha value is -0.840. The molecule has 2 aromatic rings. The van der Waals surface area contributed by atoms with Gasteiger partial charge < -0.3 is 5.32 Å². The third-order valence-electron chi connectivity index (χ3n) is 2.81. The molecule has 2 rings (SSSR count). The van der Waals surface area contributed by atoms with Crippen LogP contribution in [0.15, 0.2) is 22.7 Å². The van der Waals surface area contributed by atoms with Gasteiger partial charge in [0.15, 0.2) is 0 Å². The van der Waals surface area contributed by atoms with Crippen LogP contribution < -0.4 is 5.32 Å². The maximum Gasteiger partial charge on any atom is 0.138 e. The summed E-state index contributed by atoms with van der Waals surface area (Å²) in [5, 5.41) is 4.37. The Morgan fingerprint density at radius 3 is 2.70 bits per heavy atom. The molecule has 0 aliphatic rings. The first-order valence-corrected chi connectivity index (χ1v) is 7.81. The quantitative estimate of drug-likeness (QED) is 0.712. The molecule has 6 heteroatoms. The molecule has 1 heterocycles. The Morgan fingerprint density at radius 1 is 1.25 bits per heavy atom. The first-order chi connectivity index (χ1) is 9.52. The number of rotatable bonds is 4. The number of halogens is 3. The summed E-state index contributed by atoms with van der Waals surface area (Å²) in [5.41, 5.74) is 1.66. The lowest BCUT2D eigenvalue weighted by Crippen LogP contribution is -2.04. The maximum atomic E-state index is 6.16. The van der Waals surface area contributed by atoms with Crippen molar-refractivity contribution in [3.05, 3.63) is 44.2 Å². The summed E-state index contributed by atoms with van der Waals surface area (Å²) in [5.74, 6) is 1.44. The van der Waals surface area contributed by atoms with Crippen LogP contribution in [-0.2, 0) is 6.42 Å². The van der Waals surface area contributed by atoms with Gasteiger partial charge in [-0.3, -0.25) is 0 Å². The van der Waals surface area contributed by atoms with Gasteiger partial charge in [-0.15, -0.1) is 0 Å². The zero-order valence-corrected chi connectivity index (χ0v) is 14.3. The van der Waals surface area contributed by atoms with Crippen LogP contribution >= 0.6 is 39.1 Å². The molecule has 0 aliphatic heterocycles. The highest BCUT2D eigenvalue weighted by Gasteiger charge is 2.11. The van der Waals surface area contributed by atoms with Gasteiger partial charge in [-0.2, -0.15) is 0 Å². The van der Waals surface area contributed by atoms with Crippen LogP contribution in [0.25, 0.3) is 0 Å². The van der Waals surface area contributed by atoms with Crippen LogP contribution in [0.5, 0.6) is 0 Å². The van der Waals surface area contributed by atoms with Gasteiger partial charge in [0.05, 0.1) is 15.2 Å². The third-order valence-corrected chi connectivity index (χ3v) is 4.58. The molecule has 0 amide bonds. The van der Waals surface area contributed by atoms with Crippen molar-refractivity contribution in [3.63, 3.8) is 0 Å². The molecule has 0 spiro atoms. The van der Waals surface area contributed by atoms with Crippen molar-refractivity contribution >= 4 is 50.6 Å². The molecule has 0 radical (unpaired) electrons. The number of aryl methyl sites for hydroxylation is 1. The smallest absolute Gasteiger partial charge is 0.138 e. The minimum Gasteiger partial charge on any atom is -0.339 e. The zero-order chi connectivity index (χ0) is 14.7. The first-order valence-electron chi connectivity index (χ1n) is 6.27. The van der Waals surface area contributed by atoms with Gasteiger partial charge in [0.2, 0.25) is 0 Å². The summed E-state index contributed by atoms with van der Waals surface area (Å²) >= 11 is 15.7. The molecule has 0 fully saturated rings. The minimum absolute atomic E-state index is 0.476. The predicted octanol–water partition coefficient (Wildman–Crippen LogP) is 5.55. The lowest BCUT2D eigenvalue weighted by Gasteiger charge is -2.13. The molecule has 1 aromatic carbocycles. The molecule has 0 saturated carbocycles. The normalized spacial score (nSPS) is 10.7. The Kier molecular flexibility index (Phi) is 5.24. The second-order valence-electron chi connectivity index (χ2n) is 4.38. The van der Waals surface area contributed by atoms with Crippen molar-refractivity contribution in [1.29, 1.82) is 0 Å². The molecule has 0 aliphatic carbocycles. The number of nitrogens with zero attached hydrogens (tertiary/aromatic N) is 2. The van der Waals surface area contributed by atoms with Gasteiger partial charge in [0.25, 0.3) is 0 Å². The van der Waals surface area contributed by atoms with Crippen LogP contribution in [0.4, 0.5) is 11.5 Å². The summed E-state index contributed by atoms with van der Waals surface area (Å²) in [7, 11) is 0. The Labute approximate surface area is 136 Å². The second kappa shape index (κ2) is 6.74. The van der Waals surface area contributed by atoms with Crippen LogP contribution in [0.3, 0.4) is 0 Å². The molecule has 0 atom stereocenters. The van der Waals surface area contributed by atoms with Crippen molar-refractivity contribution in [1.82, 2.24) is 9.97 Å². The Balaban J connectivity index is 2.39. The fraction of sp³-hybridized carbons (Fsp3) is 0.286. The summed E-state index contributed by atoms with van der Waals surface area (Å²) in [6.45, 7) is 3.97. The SMILES string of the molecule is CCCc1nc(Cl)c(C)c(Nc2cccc(Cl)c2Br)n1. The van der Waals surface area contributed by atoms with E-state index in [1.54, 1.807) is 0 Å². The molecular weight excluding hydrogens is 361 g/mol. The average Bonchev–Trinajstić information content (AvgIpc) is 2.41. The van der Waals surface area contributed by atoms with Gasteiger partial charge in [0, 0.05) is 12.0 Å². The van der Waals surface area contributed by atoms with Crippen LogP contribution in [-0.4, -0.2) is 9.97 Å². The van der Waals surface area contributed by atoms with Gasteiger partial charge >= 0.3 is 0 Å². The van der Waals surface area contributed by atoms with Crippen LogP contribution in [0, 0.1) is 6.92 Å². The standard InChI is InChI=1S/C14H14BrCl2N3/c1-3-5-11-19-13(17)8(2)14(20-11)18-10-7-4-6-9(16)12(10)15/h4,6-7H,3,5H2,1-2H3,(H,18,19,20). The molecule has 0 unspecified atom stereocenters. The summed E-state index contributed by atoms with van der Waals surface area (Å²) in [6.07, 6.45) is 1.77. The molecule has 1 N–H and O–H groups in total. The van der Waals surface area contributed by atoms with E-state index in [-0.39, 0.29) is 0 Å². The van der Waals surface area contributed by atoms with Crippen molar-refractivity contribution in [2.75, 3.05) is 5.32 Å². The molecule has 1 aromatic heterocycles. The highest BCUT2D eigenvalue weighted by Crippen LogP contribution is 2.33. The fourth-order valence-corrected chi connectivity index (χ4v) is 2.44. The van der Waals surface area contributed by atoms with E-state index in [2.05, 4.69) is 38.1 Å². The van der Waals surface area contributed by atoms with E-state index in [1.807, 2.05) is 25.1 Å². The van der Waals surface area contributed by atoms with E-state index in [9.17, 15) is 0 Å². The van der Waals surface area contributed by atoms with Crippen molar-refractivity contribution in [2.24, 2.45) is 0 Å². The van der Waals surface area contributed by atoms with E-state index >= 15 is 0 Å². The summed E-state index contributed by atoms with van der Waals surface area (Å²) in [6, 6.07) is 5.62. The van der Waals surface area contributed by atoms with Crippen molar-refractivity contribution < 1.29 is 0 Å². The number of benzene rings is 1. The zero-order valence-electron chi connectivity index (χ0n) is 11.2. The lowest BCUT2D eigenvalue weighted by atomic mass is 10.2. The molecule has 106 valence electrons. The van der Waals surface area contributed by atoms with E-state index < -0.39 is 0 Å². The average molecular weight is 375 g/mol. The third kappa shape index (κ3) is 3.43. The predicted molar refractivity (Wildman–Crippen MR) is 88.2 cm³/mol. The Bertz CT molecular complexity index is 632. The lowest BCUT2D eigenvalue weighted by molar-refractivity contribution is 0.833. The number of hydrogen-bond acceptors (Lipinski definition) is 3. The van der Waals surface area contributed by atoms with Gasteiger partial charge in [0.1, 0.15) is 16.8 Å². The van der Waals surface area contributed by atoms with Gasteiger partial charge in [-0.05, 0) is 41.4 Å². The Morgan fingerprint density at radius 2 is 2.00 bits per heavy atom. The molecule has 20 heavy (non-hydrogen) atoms. The molecular formula is C14H14BrCl2N3. The van der Waals surface area contributed by atoms with Gasteiger partial charge in [-0.25, -0.2) is 9.97 Å². The van der Waals surface area contributed by atoms with Gasteiger partial charge in [-0.1, -0.05) is 36.2 Å². The molecule has 0 bridgehead atoms. The topological polar surface area (TPSA) is 37.8 Å². The largest absolute Gasteiger partial charge is 0.339 e. The van der Waals surface area contributed by atoms with Crippen molar-refractivity contribution in [2.45, 2.75) is 26.7 Å². The number of anilines is 2. The number of hydrogen-bond donors (Lipinski definition) is 1. The first kappa shape index (κ1) is 15.5. The van der Waals surface area contributed by atoms with E-state index in [4.69, 9.17) is 23.2 Å². The maximum absolute atomic E-state index is 6.16. The van der Waals surface area contributed by atoms with Crippen LogP contribution in [0.1, 0.15) is 24.7 Å². The molecule has 0 saturated heterocycles. The highest BCUT2D eigenvalue weighted by atomic mass is 79.9. The van der Waals surface area contributed by atoms with Crippen molar-refractivity contribution in [3.8, 4) is 0 Å². The minimum atomic E-state index is 0.476. The summed E-state index contributed by atoms with van der Waals surface area (Å²) < 4.78 is 0.799. The van der Waals surface area contributed by atoms with E-state index in [1.165, 1.54) is 0 Å².